The third kappa shape index (κ3) is 3.76. The van der Waals surface area contributed by atoms with E-state index in [1.807, 2.05) is 0 Å². The monoisotopic (exact) mass is 452 g/mol. The second-order valence-electron chi connectivity index (χ2n) is 7.01. The first-order valence-corrected chi connectivity index (χ1v) is 9.24. The fraction of sp³-hybridized carbons (Fsp3) is 0.182. The minimum atomic E-state index is -5.25. The van der Waals surface area contributed by atoms with Crippen LogP contribution in [0.15, 0.2) is 59.6 Å². The molecule has 1 aliphatic heterocycles. The van der Waals surface area contributed by atoms with Crippen molar-refractivity contribution in [3.63, 3.8) is 0 Å². The summed E-state index contributed by atoms with van der Waals surface area (Å²) in [5, 5.41) is 2.82. The molecule has 0 radical (unpaired) electrons. The van der Waals surface area contributed by atoms with Crippen LogP contribution < -0.4 is 10.1 Å². The number of ketones is 1. The molecule has 0 saturated heterocycles. The Morgan fingerprint density at radius 3 is 2.16 bits per heavy atom. The van der Waals surface area contributed by atoms with Gasteiger partial charge in [-0.2, -0.15) is 26.3 Å². The molecule has 10 heteroatoms. The smallest absolute Gasteiger partial charge is 0.454 e. The van der Waals surface area contributed by atoms with Crippen molar-refractivity contribution in [2.24, 2.45) is 4.99 Å². The van der Waals surface area contributed by atoms with Crippen LogP contribution in [0.1, 0.15) is 27.7 Å². The van der Waals surface area contributed by atoms with Crippen molar-refractivity contribution < 1.29 is 35.9 Å². The van der Waals surface area contributed by atoms with Crippen molar-refractivity contribution in [3.05, 3.63) is 71.3 Å². The maximum Gasteiger partial charge on any atom is 0.454 e. The molecule has 3 aromatic carbocycles. The van der Waals surface area contributed by atoms with Gasteiger partial charge in [0.25, 0.3) is 5.78 Å². The third-order valence-corrected chi connectivity index (χ3v) is 5.04. The van der Waals surface area contributed by atoms with E-state index in [2.05, 4.69) is 10.3 Å². The Morgan fingerprint density at radius 1 is 0.969 bits per heavy atom. The third-order valence-electron chi connectivity index (χ3n) is 5.04. The molecule has 0 fully saturated rings. The zero-order valence-electron chi connectivity index (χ0n) is 16.3. The number of benzene rings is 3. The van der Waals surface area contributed by atoms with Crippen LogP contribution in [0.3, 0.4) is 0 Å². The summed E-state index contributed by atoms with van der Waals surface area (Å²) < 4.78 is 86.2. The largest absolute Gasteiger partial charge is 0.497 e. The SMILES string of the molecule is COc1ccc(C2N=C(C(F)(F)F)c3cc(C(=O)C(F)(F)F)c4ccccc4c3N2)cc1. The molecule has 1 unspecified atom stereocenters. The topological polar surface area (TPSA) is 50.7 Å². The van der Waals surface area contributed by atoms with Crippen LogP contribution in [0, 0.1) is 0 Å². The maximum atomic E-state index is 13.9. The lowest BCUT2D eigenvalue weighted by Crippen LogP contribution is -2.32. The number of nitrogens with zero attached hydrogens (tertiary/aromatic N) is 1. The van der Waals surface area contributed by atoms with Gasteiger partial charge < -0.3 is 10.1 Å². The number of hydrogen-bond acceptors (Lipinski definition) is 4. The highest BCUT2D eigenvalue weighted by Crippen LogP contribution is 2.42. The number of nitrogens with one attached hydrogen (secondary N) is 1. The van der Waals surface area contributed by atoms with E-state index >= 15 is 0 Å². The molecule has 0 amide bonds. The normalized spacial score (nSPS) is 16.2. The molecule has 1 atom stereocenters. The summed E-state index contributed by atoms with van der Waals surface area (Å²) in [4.78, 5) is 15.7. The van der Waals surface area contributed by atoms with Crippen molar-refractivity contribution in [2.75, 3.05) is 12.4 Å². The fourth-order valence-electron chi connectivity index (χ4n) is 3.60. The number of ether oxygens (including phenoxy) is 1. The number of carbonyl (C=O) groups excluding carboxylic acids is 1. The highest BCUT2D eigenvalue weighted by Gasteiger charge is 2.44. The number of carbonyl (C=O) groups is 1. The van der Waals surface area contributed by atoms with Gasteiger partial charge in [0, 0.05) is 16.5 Å². The van der Waals surface area contributed by atoms with Gasteiger partial charge in [0.1, 0.15) is 11.9 Å². The van der Waals surface area contributed by atoms with Crippen LogP contribution in [0.25, 0.3) is 10.8 Å². The van der Waals surface area contributed by atoms with Crippen LogP contribution in [0.5, 0.6) is 5.75 Å². The van der Waals surface area contributed by atoms with Crippen molar-refractivity contribution in [1.29, 1.82) is 0 Å². The second kappa shape index (κ2) is 7.54. The zero-order valence-corrected chi connectivity index (χ0v) is 16.3. The van der Waals surface area contributed by atoms with Crippen molar-refractivity contribution in [3.8, 4) is 5.75 Å². The number of fused-ring (bicyclic) bond motifs is 3. The van der Waals surface area contributed by atoms with Gasteiger partial charge in [-0.3, -0.25) is 9.79 Å². The van der Waals surface area contributed by atoms with Gasteiger partial charge in [-0.15, -0.1) is 0 Å². The van der Waals surface area contributed by atoms with Gasteiger partial charge >= 0.3 is 12.4 Å². The molecule has 0 aliphatic carbocycles. The number of methoxy groups -OCH3 is 1. The summed E-state index contributed by atoms with van der Waals surface area (Å²) in [7, 11) is 1.44. The van der Waals surface area contributed by atoms with E-state index in [4.69, 9.17) is 4.74 Å². The number of aliphatic imine (C=N–C) groups is 1. The van der Waals surface area contributed by atoms with Crippen LogP contribution in [-0.4, -0.2) is 31.0 Å². The lowest BCUT2D eigenvalue weighted by Gasteiger charge is -2.29. The molecule has 4 rings (SSSR count). The van der Waals surface area contributed by atoms with Crippen LogP contribution in [-0.2, 0) is 0 Å². The lowest BCUT2D eigenvalue weighted by atomic mass is 9.92. The van der Waals surface area contributed by atoms with E-state index in [1.54, 1.807) is 12.1 Å². The van der Waals surface area contributed by atoms with E-state index in [1.165, 1.54) is 43.5 Å². The first-order chi connectivity index (χ1) is 15.0. The maximum absolute atomic E-state index is 13.9. The Labute approximate surface area is 177 Å². The number of rotatable bonds is 3. The molecule has 1 aliphatic rings. The Balaban J connectivity index is 1.96. The van der Waals surface area contributed by atoms with Crippen LogP contribution >= 0.6 is 0 Å². The summed E-state index contributed by atoms with van der Waals surface area (Å²) in [6.07, 6.45) is -11.4. The van der Waals surface area contributed by atoms with E-state index in [0.717, 1.165) is 0 Å². The summed E-state index contributed by atoms with van der Waals surface area (Å²) in [6.45, 7) is 0. The van der Waals surface area contributed by atoms with Gasteiger partial charge in [-0.05, 0) is 29.1 Å². The first kappa shape index (κ1) is 21.7. The van der Waals surface area contributed by atoms with Gasteiger partial charge in [0.2, 0.25) is 0 Å². The van der Waals surface area contributed by atoms with Crippen LogP contribution in [0.4, 0.5) is 32.0 Å². The quantitative estimate of drug-likeness (QED) is 0.388. The molecule has 0 aromatic heterocycles. The standard InChI is InChI=1S/C22H14F6N2O2/c1-32-12-8-6-11(7-9-12)20-29-17-14-5-3-2-4-13(14)15(19(31)22(26,27)28)10-16(17)18(30-20)21(23,24)25/h2-10,20,29H,1H3. The Morgan fingerprint density at radius 2 is 1.59 bits per heavy atom. The average Bonchev–Trinajstić information content (AvgIpc) is 2.76. The van der Waals surface area contributed by atoms with E-state index in [-0.39, 0.29) is 16.5 Å². The Bertz CT molecular complexity index is 1230. The molecule has 0 spiro atoms. The number of hydrogen-bond donors (Lipinski definition) is 1. The number of halogens is 6. The minimum absolute atomic E-state index is 0.0489. The van der Waals surface area contributed by atoms with Gasteiger partial charge in [-0.25, -0.2) is 0 Å². The highest BCUT2D eigenvalue weighted by molar-refractivity contribution is 6.21. The average molecular weight is 452 g/mol. The molecule has 4 nitrogen and oxygen atoms in total. The number of alkyl halides is 6. The predicted octanol–water partition coefficient (Wildman–Crippen LogP) is 6.07. The molecular formula is C22H14F6N2O2. The summed E-state index contributed by atoms with van der Waals surface area (Å²) >= 11 is 0. The predicted molar refractivity (Wildman–Crippen MR) is 106 cm³/mol. The number of anilines is 1. The molecule has 166 valence electrons. The van der Waals surface area contributed by atoms with E-state index < -0.39 is 41.1 Å². The molecule has 32 heavy (non-hydrogen) atoms. The summed E-state index contributed by atoms with van der Waals surface area (Å²) in [5.74, 6) is -1.74. The minimum Gasteiger partial charge on any atom is -0.497 e. The van der Waals surface area contributed by atoms with Gasteiger partial charge in [0.15, 0.2) is 5.71 Å². The van der Waals surface area contributed by atoms with Gasteiger partial charge in [-0.1, -0.05) is 36.4 Å². The van der Waals surface area contributed by atoms with Crippen molar-refractivity contribution in [2.45, 2.75) is 18.5 Å². The lowest BCUT2D eigenvalue weighted by molar-refractivity contribution is -0.0884. The molecule has 3 aromatic rings. The second-order valence-corrected chi connectivity index (χ2v) is 7.01. The first-order valence-electron chi connectivity index (χ1n) is 9.24. The Hall–Kier alpha value is -3.56. The van der Waals surface area contributed by atoms with E-state index in [9.17, 15) is 31.1 Å². The Kier molecular flexibility index (Phi) is 5.10. The molecule has 1 N–H and O–H groups in total. The molecule has 0 bridgehead atoms. The van der Waals surface area contributed by atoms with Crippen molar-refractivity contribution >= 4 is 28.0 Å². The van der Waals surface area contributed by atoms with Gasteiger partial charge in [0.05, 0.1) is 12.8 Å². The van der Waals surface area contributed by atoms with Crippen molar-refractivity contribution in [1.82, 2.24) is 0 Å². The molecule has 1 heterocycles. The summed E-state index contributed by atoms with van der Waals surface area (Å²) in [5.41, 5.74) is -2.52. The zero-order chi connectivity index (χ0) is 23.3. The highest BCUT2D eigenvalue weighted by atomic mass is 19.4. The number of Topliss-reactive ketones (excluding diaryl/α,β-unsaturated/α-hetero) is 1. The van der Waals surface area contributed by atoms with E-state index in [0.29, 0.717) is 17.4 Å². The molecular weight excluding hydrogens is 438 g/mol. The molecule has 0 saturated carbocycles. The fourth-order valence-corrected chi connectivity index (χ4v) is 3.60. The summed E-state index contributed by atoms with van der Waals surface area (Å²) in [6, 6.07) is 12.3. The van der Waals surface area contributed by atoms with Crippen LogP contribution in [0.2, 0.25) is 0 Å².